The summed E-state index contributed by atoms with van der Waals surface area (Å²) in [6.45, 7) is 2.04. The van der Waals surface area contributed by atoms with Gasteiger partial charge in [-0.2, -0.15) is 5.10 Å². The molecular weight excluding hydrogens is 234 g/mol. The van der Waals surface area contributed by atoms with Crippen molar-refractivity contribution in [2.24, 2.45) is 0 Å². The first kappa shape index (κ1) is 11.5. The van der Waals surface area contributed by atoms with Gasteiger partial charge >= 0.3 is 0 Å². The second-order valence-corrected chi connectivity index (χ2v) is 4.64. The summed E-state index contributed by atoms with van der Waals surface area (Å²) >= 11 is 0. The number of anilines is 1. The van der Waals surface area contributed by atoms with E-state index in [0.29, 0.717) is 0 Å². The van der Waals surface area contributed by atoms with Gasteiger partial charge in [0.15, 0.2) is 0 Å². The van der Waals surface area contributed by atoms with Gasteiger partial charge in [-0.15, -0.1) is 0 Å². The fourth-order valence-electron chi connectivity index (χ4n) is 2.17. The number of nitrogens with two attached hydrogens (primary N) is 1. The first-order valence-corrected chi connectivity index (χ1v) is 6.20. The van der Waals surface area contributed by atoms with Crippen molar-refractivity contribution in [2.75, 3.05) is 5.73 Å². The molecule has 3 nitrogen and oxygen atoms in total. The van der Waals surface area contributed by atoms with Crippen molar-refractivity contribution < 1.29 is 0 Å². The number of nitrogen functional groups attached to an aromatic ring is 1. The molecular formula is C16H15N3. The first-order chi connectivity index (χ1) is 9.22. The zero-order chi connectivity index (χ0) is 13.2. The Balaban J connectivity index is 2.02. The molecule has 0 amide bonds. The van der Waals surface area contributed by atoms with Gasteiger partial charge in [0.05, 0.1) is 11.9 Å². The second kappa shape index (κ2) is 4.61. The molecule has 3 aromatic rings. The minimum absolute atomic E-state index is 0.780. The summed E-state index contributed by atoms with van der Waals surface area (Å²) < 4.78 is 1.87. The van der Waals surface area contributed by atoms with Crippen LogP contribution in [-0.2, 0) is 0 Å². The lowest BCUT2D eigenvalue weighted by Gasteiger charge is -2.02. The third-order valence-corrected chi connectivity index (χ3v) is 3.04. The highest BCUT2D eigenvalue weighted by atomic mass is 15.3. The van der Waals surface area contributed by atoms with Crippen LogP contribution in [0, 0.1) is 6.92 Å². The Bertz CT molecular complexity index is 679. The lowest BCUT2D eigenvalue weighted by atomic mass is 10.1. The molecule has 0 aliphatic heterocycles. The highest BCUT2D eigenvalue weighted by Gasteiger charge is 2.04. The van der Waals surface area contributed by atoms with E-state index in [4.69, 9.17) is 5.73 Å². The highest BCUT2D eigenvalue weighted by Crippen LogP contribution is 2.23. The molecule has 0 fully saturated rings. The van der Waals surface area contributed by atoms with Crippen molar-refractivity contribution in [1.29, 1.82) is 0 Å². The average molecular weight is 249 g/mol. The zero-order valence-electron chi connectivity index (χ0n) is 10.7. The van der Waals surface area contributed by atoms with Gasteiger partial charge in [-0.25, -0.2) is 4.68 Å². The van der Waals surface area contributed by atoms with Gasteiger partial charge in [0, 0.05) is 17.4 Å². The number of rotatable bonds is 2. The molecule has 94 valence electrons. The molecule has 2 aromatic carbocycles. The Kier molecular flexibility index (Phi) is 2.80. The third-order valence-electron chi connectivity index (χ3n) is 3.04. The average Bonchev–Trinajstić information content (AvgIpc) is 2.88. The van der Waals surface area contributed by atoms with Crippen molar-refractivity contribution >= 4 is 5.69 Å². The Hall–Kier alpha value is -2.55. The molecule has 1 aromatic heterocycles. The molecule has 1 heterocycles. The van der Waals surface area contributed by atoms with E-state index in [1.807, 2.05) is 66.5 Å². The van der Waals surface area contributed by atoms with Crippen molar-refractivity contribution in [2.45, 2.75) is 6.92 Å². The van der Waals surface area contributed by atoms with Gasteiger partial charge in [0.25, 0.3) is 0 Å². The number of aromatic nitrogens is 2. The maximum atomic E-state index is 5.89. The van der Waals surface area contributed by atoms with Crippen LogP contribution in [0.1, 0.15) is 5.56 Å². The number of hydrogen-bond donors (Lipinski definition) is 1. The van der Waals surface area contributed by atoms with Gasteiger partial charge in [-0.3, -0.25) is 0 Å². The first-order valence-electron chi connectivity index (χ1n) is 6.20. The van der Waals surface area contributed by atoms with Crippen LogP contribution in [0.25, 0.3) is 16.8 Å². The predicted molar refractivity (Wildman–Crippen MR) is 78.1 cm³/mol. The van der Waals surface area contributed by atoms with E-state index in [9.17, 15) is 0 Å². The number of aryl methyl sites for hydroxylation is 1. The van der Waals surface area contributed by atoms with Gasteiger partial charge in [0.1, 0.15) is 0 Å². The SMILES string of the molecule is Cc1cc(N)cc(-c2cnn(-c3ccccc3)c2)c1. The fourth-order valence-corrected chi connectivity index (χ4v) is 2.17. The van der Waals surface area contributed by atoms with Crippen LogP contribution in [0.4, 0.5) is 5.69 Å². The van der Waals surface area contributed by atoms with Gasteiger partial charge in [0.2, 0.25) is 0 Å². The molecule has 0 spiro atoms. The zero-order valence-corrected chi connectivity index (χ0v) is 10.7. The van der Waals surface area contributed by atoms with Crippen LogP contribution in [0.15, 0.2) is 60.9 Å². The summed E-state index contributed by atoms with van der Waals surface area (Å²) in [4.78, 5) is 0. The summed E-state index contributed by atoms with van der Waals surface area (Å²) in [5.41, 5.74) is 11.0. The highest BCUT2D eigenvalue weighted by molar-refractivity contribution is 5.67. The molecule has 0 saturated carbocycles. The van der Waals surface area contributed by atoms with Crippen molar-refractivity contribution in [1.82, 2.24) is 9.78 Å². The van der Waals surface area contributed by atoms with Crippen LogP contribution in [0.5, 0.6) is 0 Å². The molecule has 0 saturated heterocycles. The lowest BCUT2D eigenvalue weighted by molar-refractivity contribution is 0.881. The summed E-state index contributed by atoms with van der Waals surface area (Å²) in [6, 6.07) is 16.1. The number of para-hydroxylation sites is 1. The molecule has 3 heteroatoms. The molecule has 19 heavy (non-hydrogen) atoms. The minimum atomic E-state index is 0.780. The van der Waals surface area contributed by atoms with Crippen molar-refractivity contribution in [3.05, 3.63) is 66.5 Å². The van der Waals surface area contributed by atoms with Crippen LogP contribution < -0.4 is 5.73 Å². The summed E-state index contributed by atoms with van der Waals surface area (Å²) in [5.74, 6) is 0. The maximum Gasteiger partial charge on any atom is 0.0645 e. The molecule has 0 aliphatic rings. The van der Waals surface area contributed by atoms with E-state index in [2.05, 4.69) is 11.2 Å². The smallest absolute Gasteiger partial charge is 0.0645 e. The predicted octanol–water partition coefficient (Wildman–Crippen LogP) is 3.43. The van der Waals surface area contributed by atoms with Crippen molar-refractivity contribution in [3.63, 3.8) is 0 Å². The second-order valence-electron chi connectivity index (χ2n) is 4.64. The van der Waals surface area contributed by atoms with E-state index in [-0.39, 0.29) is 0 Å². The molecule has 0 atom stereocenters. The Morgan fingerprint density at radius 2 is 1.79 bits per heavy atom. The number of nitrogens with zero attached hydrogens (tertiary/aromatic N) is 2. The number of benzene rings is 2. The third kappa shape index (κ3) is 2.36. The van der Waals surface area contributed by atoms with Crippen LogP contribution in [0.2, 0.25) is 0 Å². The van der Waals surface area contributed by atoms with E-state index >= 15 is 0 Å². The van der Waals surface area contributed by atoms with E-state index in [1.54, 1.807) is 0 Å². The molecule has 3 rings (SSSR count). The Labute approximate surface area is 112 Å². The molecule has 0 radical (unpaired) electrons. The standard InChI is InChI=1S/C16H15N3/c1-12-7-13(9-15(17)8-12)14-10-18-19(11-14)16-5-3-2-4-6-16/h2-11H,17H2,1H3. The Morgan fingerprint density at radius 3 is 2.53 bits per heavy atom. The van der Waals surface area contributed by atoms with Gasteiger partial charge in [-0.05, 0) is 42.3 Å². The molecule has 0 bridgehead atoms. The van der Waals surface area contributed by atoms with Gasteiger partial charge in [-0.1, -0.05) is 24.3 Å². The lowest BCUT2D eigenvalue weighted by Crippen LogP contribution is -1.92. The summed E-state index contributed by atoms with van der Waals surface area (Å²) in [5, 5.41) is 4.40. The van der Waals surface area contributed by atoms with Crippen LogP contribution >= 0.6 is 0 Å². The van der Waals surface area contributed by atoms with Gasteiger partial charge < -0.3 is 5.73 Å². The molecule has 0 aliphatic carbocycles. The van der Waals surface area contributed by atoms with Crippen LogP contribution in [0.3, 0.4) is 0 Å². The number of hydrogen-bond acceptors (Lipinski definition) is 2. The fraction of sp³-hybridized carbons (Fsp3) is 0.0625. The topological polar surface area (TPSA) is 43.8 Å². The normalized spacial score (nSPS) is 10.6. The van der Waals surface area contributed by atoms with E-state index in [0.717, 1.165) is 28.1 Å². The van der Waals surface area contributed by atoms with E-state index < -0.39 is 0 Å². The van der Waals surface area contributed by atoms with Crippen LogP contribution in [-0.4, -0.2) is 9.78 Å². The monoisotopic (exact) mass is 249 g/mol. The Morgan fingerprint density at radius 1 is 1.00 bits per heavy atom. The molecule has 0 unspecified atom stereocenters. The quantitative estimate of drug-likeness (QED) is 0.707. The summed E-state index contributed by atoms with van der Waals surface area (Å²) in [7, 11) is 0. The van der Waals surface area contributed by atoms with E-state index in [1.165, 1.54) is 0 Å². The van der Waals surface area contributed by atoms with Crippen molar-refractivity contribution in [3.8, 4) is 16.8 Å². The largest absolute Gasteiger partial charge is 0.399 e. The summed E-state index contributed by atoms with van der Waals surface area (Å²) in [6.07, 6.45) is 3.88. The minimum Gasteiger partial charge on any atom is -0.399 e. The maximum absolute atomic E-state index is 5.89. The molecule has 2 N–H and O–H groups in total.